The summed E-state index contributed by atoms with van der Waals surface area (Å²) in [6.45, 7) is 0. The molecule has 0 heterocycles. The van der Waals surface area contributed by atoms with E-state index in [1.54, 1.807) is 60.7 Å². The van der Waals surface area contributed by atoms with Crippen molar-refractivity contribution in [2.24, 2.45) is 0 Å². The number of hydrogen-bond acceptors (Lipinski definition) is 4. The zero-order valence-corrected chi connectivity index (χ0v) is 11.5. The molecule has 0 fully saturated rings. The summed E-state index contributed by atoms with van der Waals surface area (Å²) in [4.78, 5) is 20.5. The Kier molecular flexibility index (Phi) is 6.75. The molecule has 22 heavy (non-hydrogen) atoms. The van der Waals surface area contributed by atoms with Crippen LogP contribution in [0.4, 0.5) is 0 Å². The van der Waals surface area contributed by atoms with Crippen LogP contribution in [0.3, 0.4) is 0 Å². The van der Waals surface area contributed by atoms with Gasteiger partial charge in [-0.1, -0.05) is 60.7 Å². The van der Waals surface area contributed by atoms with Gasteiger partial charge < -0.3 is 20.4 Å². The van der Waals surface area contributed by atoms with Gasteiger partial charge in [-0.25, -0.2) is 9.59 Å². The van der Waals surface area contributed by atoms with Crippen LogP contribution in [0.15, 0.2) is 60.7 Å². The molecule has 0 saturated heterocycles. The number of carboxylic acids is 2. The number of hydrogen-bond donors (Lipinski definition) is 4. The molecule has 6 nitrogen and oxygen atoms in total. The van der Waals surface area contributed by atoms with Gasteiger partial charge >= 0.3 is 11.9 Å². The highest BCUT2D eigenvalue weighted by Gasteiger charge is 2.14. The predicted octanol–water partition coefficient (Wildman–Crippen LogP) is 1.61. The molecule has 0 radical (unpaired) electrons. The average molecular weight is 304 g/mol. The van der Waals surface area contributed by atoms with Gasteiger partial charge in [0.15, 0.2) is 12.2 Å². The van der Waals surface area contributed by atoms with E-state index < -0.39 is 24.1 Å². The predicted molar refractivity (Wildman–Crippen MR) is 78.1 cm³/mol. The number of carboxylic acid groups (broad SMARTS) is 2. The second-order valence-electron chi connectivity index (χ2n) is 4.30. The number of aliphatic hydroxyl groups is 2. The molecule has 0 aromatic heterocycles. The van der Waals surface area contributed by atoms with E-state index in [1.807, 2.05) is 0 Å². The first-order chi connectivity index (χ1) is 10.4. The summed E-state index contributed by atoms with van der Waals surface area (Å²) >= 11 is 0. The lowest BCUT2D eigenvalue weighted by molar-refractivity contribution is -0.147. The fraction of sp³-hybridized carbons (Fsp3) is 0.125. The van der Waals surface area contributed by atoms with Crippen molar-refractivity contribution in [2.45, 2.75) is 12.2 Å². The Morgan fingerprint density at radius 1 is 0.636 bits per heavy atom. The van der Waals surface area contributed by atoms with Gasteiger partial charge in [-0.15, -0.1) is 0 Å². The summed E-state index contributed by atoms with van der Waals surface area (Å²) in [5.41, 5.74) is 0.806. The Bertz CT molecular complexity index is 541. The van der Waals surface area contributed by atoms with Gasteiger partial charge in [-0.05, 0) is 11.1 Å². The molecule has 6 heteroatoms. The molecule has 0 amide bonds. The molecule has 116 valence electrons. The Hall–Kier alpha value is -2.70. The third-order valence-corrected chi connectivity index (χ3v) is 2.70. The van der Waals surface area contributed by atoms with Crippen molar-refractivity contribution in [3.05, 3.63) is 71.8 Å². The summed E-state index contributed by atoms with van der Waals surface area (Å²) in [7, 11) is 0. The van der Waals surface area contributed by atoms with Crippen molar-refractivity contribution in [1.82, 2.24) is 0 Å². The molecule has 4 N–H and O–H groups in total. The topological polar surface area (TPSA) is 115 Å². The Morgan fingerprint density at radius 3 is 1.14 bits per heavy atom. The molecule has 2 atom stereocenters. The third kappa shape index (κ3) is 5.35. The minimum Gasteiger partial charge on any atom is -0.479 e. The van der Waals surface area contributed by atoms with Gasteiger partial charge in [0.1, 0.15) is 0 Å². The maximum Gasteiger partial charge on any atom is 0.337 e. The lowest BCUT2D eigenvalue weighted by atomic mass is 10.1. The number of aliphatic carboxylic acids is 2. The fourth-order valence-electron chi connectivity index (χ4n) is 1.56. The summed E-state index contributed by atoms with van der Waals surface area (Å²) in [5, 5.41) is 34.8. The molecule has 0 aliphatic rings. The van der Waals surface area contributed by atoms with Crippen LogP contribution in [0.25, 0.3) is 0 Å². The maximum absolute atomic E-state index is 10.2. The molecule has 0 spiro atoms. The van der Waals surface area contributed by atoms with Gasteiger partial charge in [0.25, 0.3) is 0 Å². The van der Waals surface area contributed by atoms with Crippen LogP contribution in [0, 0.1) is 0 Å². The van der Waals surface area contributed by atoms with E-state index in [2.05, 4.69) is 0 Å². The van der Waals surface area contributed by atoms with Gasteiger partial charge in [0, 0.05) is 0 Å². The fourth-order valence-corrected chi connectivity index (χ4v) is 1.56. The molecule has 0 saturated carbocycles. The highest BCUT2D eigenvalue weighted by molar-refractivity contribution is 5.74. The van der Waals surface area contributed by atoms with Crippen molar-refractivity contribution in [3.8, 4) is 0 Å². The van der Waals surface area contributed by atoms with Crippen LogP contribution in [-0.4, -0.2) is 32.4 Å². The second-order valence-corrected chi connectivity index (χ2v) is 4.30. The standard InChI is InChI=1S/2C8H8O3/c2*9-7(8(10)11)6-4-2-1-3-5-6/h2*1-5,7,9H,(H,10,11)/t7-;/m1./s1. The highest BCUT2D eigenvalue weighted by atomic mass is 16.4. The Balaban J connectivity index is 0.000000220. The number of benzene rings is 2. The van der Waals surface area contributed by atoms with Crippen LogP contribution < -0.4 is 0 Å². The van der Waals surface area contributed by atoms with Crippen LogP contribution in [-0.2, 0) is 9.59 Å². The number of aliphatic hydroxyl groups excluding tert-OH is 2. The van der Waals surface area contributed by atoms with Crippen molar-refractivity contribution < 1.29 is 30.0 Å². The highest BCUT2D eigenvalue weighted by Crippen LogP contribution is 2.11. The largest absolute Gasteiger partial charge is 0.479 e. The lowest BCUT2D eigenvalue weighted by Gasteiger charge is -2.03. The molecular formula is C16H16O6. The lowest BCUT2D eigenvalue weighted by Crippen LogP contribution is -2.09. The molecular weight excluding hydrogens is 288 g/mol. The van der Waals surface area contributed by atoms with E-state index in [0.717, 1.165) is 0 Å². The Labute approximate surface area is 126 Å². The minimum atomic E-state index is -1.41. The first-order valence-electron chi connectivity index (χ1n) is 6.35. The average Bonchev–Trinajstić information content (AvgIpc) is 2.55. The minimum absolute atomic E-state index is 0.403. The van der Waals surface area contributed by atoms with Gasteiger partial charge in [0.2, 0.25) is 0 Å². The second kappa shape index (κ2) is 8.56. The monoisotopic (exact) mass is 304 g/mol. The molecule has 0 aliphatic heterocycles. The van der Waals surface area contributed by atoms with E-state index in [9.17, 15) is 9.59 Å². The van der Waals surface area contributed by atoms with Crippen molar-refractivity contribution >= 4 is 11.9 Å². The van der Waals surface area contributed by atoms with Crippen LogP contribution >= 0.6 is 0 Å². The molecule has 0 bridgehead atoms. The quantitative estimate of drug-likeness (QED) is 0.682. The molecule has 2 rings (SSSR count). The zero-order chi connectivity index (χ0) is 16.5. The van der Waals surface area contributed by atoms with Crippen LogP contribution in [0.5, 0.6) is 0 Å². The number of carbonyl (C=O) groups is 2. The first-order valence-corrected chi connectivity index (χ1v) is 6.35. The van der Waals surface area contributed by atoms with Crippen LogP contribution in [0.2, 0.25) is 0 Å². The summed E-state index contributed by atoms with van der Waals surface area (Å²) in [6.07, 6.45) is -2.81. The van der Waals surface area contributed by atoms with E-state index in [-0.39, 0.29) is 0 Å². The molecule has 0 aliphatic carbocycles. The molecule has 2 aromatic rings. The van der Waals surface area contributed by atoms with Gasteiger partial charge in [-0.3, -0.25) is 0 Å². The maximum atomic E-state index is 10.2. The normalized spacial score (nSPS) is 12.5. The van der Waals surface area contributed by atoms with E-state index in [1.165, 1.54) is 0 Å². The smallest absolute Gasteiger partial charge is 0.337 e. The zero-order valence-electron chi connectivity index (χ0n) is 11.5. The van der Waals surface area contributed by atoms with Gasteiger partial charge in [-0.2, -0.15) is 0 Å². The van der Waals surface area contributed by atoms with Crippen molar-refractivity contribution in [2.75, 3.05) is 0 Å². The van der Waals surface area contributed by atoms with E-state index >= 15 is 0 Å². The molecule has 2 aromatic carbocycles. The third-order valence-electron chi connectivity index (χ3n) is 2.70. The van der Waals surface area contributed by atoms with E-state index in [0.29, 0.717) is 11.1 Å². The number of rotatable bonds is 4. The summed E-state index contributed by atoms with van der Waals surface area (Å²) < 4.78 is 0. The van der Waals surface area contributed by atoms with Crippen molar-refractivity contribution in [3.63, 3.8) is 0 Å². The van der Waals surface area contributed by atoms with E-state index in [4.69, 9.17) is 20.4 Å². The van der Waals surface area contributed by atoms with Gasteiger partial charge in [0.05, 0.1) is 0 Å². The Morgan fingerprint density at radius 2 is 0.909 bits per heavy atom. The summed E-state index contributed by atoms with van der Waals surface area (Å²) in [6, 6.07) is 16.5. The molecule has 1 unspecified atom stereocenters. The SMILES string of the molecule is O=C(O)C(O)c1ccccc1.O=C(O)[C@H](O)c1ccccc1. The van der Waals surface area contributed by atoms with Crippen LogP contribution in [0.1, 0.15) is 23.3 Å². The first kappa shape index (κ1) is 17.4. The summed E-state index contributed by atoms with van der Waals surface area (Å²) in [5.74, 6) is -2.45. The van der Waals surface area contributed by atoms with Crippen molar-refractivity contribution in [1.29, 1.82) is 0 Å².